The Balaban J connectivity index is 2.28. The van der Waals surface area contributed by atoms with Crippen molar-refractivity contribution >= 4 is 23.2 Å². The molecule has 1 aromatic rings. The van der Waals surface area contributed by atoms with E-state index in [1.165, 1.54) is 0 Å². The van der Waals surface area contributed by atoms with Crippen molar-refractivity contribution in [1.29, 1.82) is 0 Å². The van der Waals surface area contributed by atoms with E-state index in [0.717, 1.165) is 18.6 Å². The van der Waals surface area contributed by atoms with Gasteiger partial charge < -0.3 is 14.8 Å². The molecule has 0 aliphatic carbocycles. The molecule has 1 N–H and O–H groups in total. The Bertz CT molecular complexity index is 467. The quantitative estimate of drug-likeness (QED) is 0.887. The van der Waals surface area contributed by atoms with Crippen molar-refractivity contribution in [2.24, 2.45) is 5.92 Å². The van der Waals surface area contributed by atoms with Crippen LogP contribution in [-0.4, -0.2) is 26.4 Å². The molecule has 3 atom stereocenters. The number of rotatable bonds is 5. The topological polar surface area (TPSA) is 30.5 Å². The van der Waals surface area contributed by atoms with Crippen LogP contribution in [0.2, 0.25) is 10.0 Å². The Morgan fingerprint density at radius 2 is 2.15 bits per heavy atom. The first-order chi connectivity index (χ1) is 9.56. The third kappa shape index (κ3) is 3.40. The lowest BCUT2D eigenvalue weighted by Gasteiger charge is -2.24. The van der Waals surface area contributed by atoms with E-state index < -0.39 is 0 Å². The highest BCUT2D eigenvalue weighted by atomic mass is 35.5. The van der Waals surface area contributed by atoms with E-state index >= 15 is 0 Å². The molecule has 1 aromatic carbocycles. The average Bonchev–Trinajstić information content (AvgIpc) is 2.83. The van der Waals surface area contributed by atoms with Crippen molar-refractivity contribution in [3.8, 4) is 5.75 Å². The lowest BCUT2D eigenvalue weighted by molar-refractivity contribution is 0.117. The summed E-state index contributed by atoms with van der Waals surface area (Å²) in [5.41, 5.74) is 1.00. The molecule has 3 nitrogen and oxygen atoms in total. The fraction of sp³-hybridized carbons (Fsp3) is 0.600. The molecule has 1 aliphatic rings. The zero-order valence-corrected chi connectivity index (χ0v) is 13.6. The van der Waals surface area contributed by atoms with Gasteiger partial charge in [0.2, 0.25) is 0 Å². The van der Waals surface area contributed by atoms with E-state index in [1.54, 1.807) is 6.07 Å². The molecule has 0 radical (unpaired) electrons. The van der Waals surface area contributed by atoms with Gasteiger partial charge in [0.05, 0.1) is 24.3 Å². The smallest absolute Gasteiger partial charge is 0.139 e. The molecular formula is C15H21Cl2NO2. The van der Waals surface area contributed by atoms with Crippen LogP contribution in [0.4, 0.5) is 0 Å². The fourth-order valence-corrected chi connectivity index (χ4v) is 3.27. The van der Waals surface area contributed by atoms with E-state index in [1.807, 2.05) is 20.0 Å². The van der Waals surface area contributed by atoms with Crippen LogP contribution >= 0.6 is 23.2 Å². The predicted molar refractivity (Wildman–Crippen MR) is 83.0 cm³/mol. The molecule has 1 aliphatic heterocycles. The molecule has 1 saturated heterocycles. The Morgan fingerprint density at radius 1 is 1.40 bits per heavy atom. The van der Waals surface area contributed by atoms with Crippen molar-refractivity contribution in [3.63, 3.8) is 0 Å². The zero-order chi connectivity index (χ0) is 14.7. The van der Waals surface area contributed by atoms with Crippen LogP contribution in [0, 0.1) is 5.92 Å². The number of nitrogens with one attached hydrogen (secondary N) is 1. The summed E-state index contributed by atoms with van der Waals surface area (Å²) < 4.78 is 11.1. The number of halogens is 2. The molecule has 0 aromatic heterocycles. The van der Waals surface area contributed by atoms with Crippen molar-refractivity contribution in [2.45, 2.75) is 32.4 Å². The number of hydrogen-bond donors (Lipinski definition) is 1. The third-order valence-corrected chi connectivity index (χ3v) is 4.32. The standard InChI is InChI=1S/C15H21Cl2NO2/c1-4-19-14-7-12(16)11(6-13(14)17)15(18-3)10-5-9(2)20-8-10/h6-7,9-10,15,18H,4-5,8H2,1-3H3. The first kappa shape index (κ1) is 15.9. The summed E-state index contributed by atoms with van der Waals surface area (Å²) in [5, 5.41) is 4.61. The highest BCUT2D eigenvalue weighted by Crippen LogP contribution is 2.39. The Labute approximate surface area is 130 Å². The Kier molecular flexibility index (Phi) is 5.56. The first-order valence-corrected chi connectivity index (χ1v) is 7.73. The first-order valence-electron chi connectivity index (χ1n) is 6.97. The van der Waals surface area contributed by atoms with Crippen molar-refractivity contribution in [2.75, 3.05) is 20.3 Å². The van der Waals surface area contributed by atoms with Crippen LogP contribution in [0.1, 0.15) is 31.9 Å². The van der Waals surface area contributed by atoms with Gasteiger partial charge in [-0.2, -0.15) is 0 Å². The SMILES string of the molecule is CCOc1cc(Cl)c(C(NC)C2COC(C)C2)cc1Cl. The molecule has 0 amide bonds. The fourth-order valence-electron chi connectivity index (χ4n) is 2.78. The second-order valence-corrected chi connectivity index (χ2v) is 5.96. The summed E-state index contributed by atoms with van der Waals surface area (Å²) in [6.07, 6.45) is 1.32. The number of benzene rings is 1. The molecule has 1 heterocycles. The maximum absolute atomic E-state index is 6.41. The van der Waals surface area contributed by atoms with E-state index in [-0.39, 0.29) is 6.04 Å². The number of hydrogen-bond acceptors (Lipinski definition) is 3. The van der Waals surface area contributed by atoms with Gasteiger partial charge >= 0.3 is 0 Å². The molecule has 3 unspecified atom stereocenters. The second kappa shape index (κ2) is 6.99. The molecule has 20 heavy (non-hydrogen) atoms. The van der Waals surface area contributed by atoms with Gasteiger partial charge in [0.1, 0.15) is 5.75 Å². The minimum Gasteiger partial charge on any atom is -0.492 e. The lowest BCUT2D eigenvalue weighted by Crippen LogP contribution is -2.26. The van der Waals surface area contributed by atoms with Crippen molar-refractivity contribution < 1.29 is 9.47 Å². The largest absolute Gasteiger partial charge is 0.492 e. The molecule has 1 fully saturated rings. The van der Waals surface area contributed by atoms with Gasteiger partial charge in [-0.1, -0.05) is 23.2 Å². The average molecular weight is 318 g/mol. The van der Waals surface area contributed by atoms with Crippen LogP contribution in [-0.2, 0) is 4.74 Å². The summed E-state index contributed by atoms with van der Waals surface area (Å²) >= 11 is 12.7. The number of ether oxygens (including phenoxy) is 2. The van der Waals surface area contributed by atoms with Crippen molar-refractivity contribution in [3.05, 3.63) is 27.7 Å². The summed E-state index contributed by atoms with van der Waals surface area (Å²) in [7, 11) is 1.94. The van der Waals surface area contributed by atoms with Gasteiger partial charge in [-0.3, -0.25) is 0 Å². The third-order valence-electron chi connectivity index (χ3n) is 3.70. The highest BCUT2D eigenvalue weighted by Gasteiger charge is 2.31. The van der Waals surface area contributed by atoms with Crippen LogP contribution in [0.25, 0.3) is 0 Å². The molecule has 2 rings (SSSR count). The molecular weight excluding hydrogens is 297 g/mol. The zero-order valence-electron chi connectivity index (χ0n) is 12.1. The van der Waals surface area contributed by atoms with Gasteiger partial charge in [-0.05, 0) is 38.9 Å². The second-order valence-electron chi connectivity index (χ2n) is 5.14. The minimum atomic E-state index is 0.139. The Morgan fingerprint density at radius 3 is 2.70 bits per heavy atom. The van der Waals surface area contributed by atoms with Crippen LogP contribution in [0.5, 0.6) is 5.75 Å². The summed E-state index contributed by atoms with van der Waals surface area (Å²) in [4.78, 5) is 0. The van der Waals surface area contributed by atoms with Gasteiger partial charge in [0, 0.05) is 23.0 Å². The molecule has 0 bridgehead atoms. The minimum absolute atomic E-state index is 0.139. The van der Waals surface area contributed by atoms with E-state index in [9.17, 15) is 0 Å². The maximum atomic E-state index is 6.41. The normalized spacial score (nSPS) is 23.9. The van der Waals surface area contributed by atoms with Gasteiger partial charge in [-0.25, -0.2) is 0 Å². The Hall–Kier alpha value is -0.480. The van der Waals surface area contributed by atoms with Gasteiger partial charge in [0.15, 0.2) is 0 Å². The molecule has 5 heteroatoms. The highest BCUT2D eigenvalue weighted by molar-refractivity contribution is 6.34. The van der Waals surface area contributed by atoms with E-state index in [4.69, 9.17) is 32.7 Å². The van der Waals surface area contributed by atoms with Gasteiger partial charge in [0.25, 0.3) is 0 Å². The molecule has 0 saturated carbocycles. The summed E-state index contributed by atoms with van der Waals surface area (Å²) in [6.45, 7) is 5.33. The van der Waals surface area contributed by atoms with Gasteiger partial charge in [-0.15, -0.1) is 0 Å². The van der Waals surface area contributed by atoms with Crippen LogP contribution in [0.15, 0.2) is 12.1 Å². The molecule has 0 spiro atoms. The monoisotopic (exact) mass is 317 g/mol. The van der Waals surface area contributed by atoms with E-state index in [2.05, 4.69) is 12.2 Å². The maximum Gasteiger partial charge on any atom is 0.139 e. The molecule has 112 valence electrons. The summed E-state index contributed by atoms with van der Waals surface area (Å²) in [6, 6.07) is 3.84. The van der Waals surface area contributed by atoms with E-state index in [0.29, 0.717) is 34.4 Å². The predicted octanol–water partition coefficient (Wildman–Crippen LogP) is 4.08. The summed E-state index contributed by atoms with van der Waals surface area (Å²) in [5.74, 6) is 1.04. The van der Waals surface area contributed by atoms with Crippen LogP contribution in [0.3, 0.4) is 0 Å². The van der Waals surface area contributed by atoms with Crippen LogP contribution < -0.4 is 10.1 Å². The lowest BCUT2D eigenvalue weighted by atomic mass is 9.91. The van der Waals surface area contributed by atoms with Crippen molar-refractivity contribution in [1.82, 2.24) is 5.32 Å².